The molecule has 0 aromatic heterocycles. The number of hydrogen-bond acceptors (Lipinski definition) is 1. The molecule has 2 unspecified atom stereocenters. The van der Waals surface area contributed by atoms with E-state index in [0.29, 0.717) is 11.5 Å². The molecule has 2 rings (SSSR count). The van der Waals surface area contributed by atoms with Crippen LogP contribution in [0, 0.1) is 23.2 Å². The molecule has 2 saturated carbocycles. The summed E-state index contributed by atoms with van der Waals surface area (Å²) in [5, 5.41) is 3.76. The maximum Gasteiger partial charge on any atom is 0.0149 e. The van der Waals surface area contributed by atoms with Gasteiger partial charge in [-0.25, -0.2) is 0 Å². The van der Waals surface area contributed by atoms with E-state index in [1.54, 1.807) is 0 Å². The van der Waals surface area contributed by atoms with Crippen molar-refractivity contribution in [2.75, 3.05) is 7.05 Å². The predicted molar refractivity (Wildman–Crippen MR) is 88.9 cm³/mol. The van der Waals surface area contributed by atoms with Crippen molar-refractivity contribution >= 4 is 0 Å². The van der Waals surface area contributed by atoms with Crippen LogP contribution < -0.4 is 5.32 Å². The molecule has 1 heteroatoms. The fraction of sp³-hybridized carbons (Fsp3) is 1.00. The van der Waals surface area contributed by atoms with E-state index in [-0.39, 0.29) is 0 Å². The summed E-state index contributed by atoms with van der Waals surface area (Å²) < 4.78 is 0. The van der Waals surface area contributed by atoms with Crippen LogP contribution in [0.15, 0.2) is 0 Å². The average Bonchev–Trinajstić information content (AvgIpc) is 2.64. The highest BCUT2D eigenvalue weighted by atomic mass is 14.9. The molecule has 118 valence electrons. The Morgan fingerprint density at radius 1 is 0.900 bits per heavy atom. The average molecular weight is 280 g/mol. The summed E-state index contributed by atoms with van der Waals surface area (Å²) in [4.78, 5) is 0. The van der Waals surface area contributed by atoms with Crippen LogP contribution in [0.25, 0.3) is 0 Å². The molecule has 0 heterocycles. The Labute approximate surface area is 127 Å². The van der Waals surface area contributed by atoms with Crippen LogP contribution in [0.4, 0.5) is 0 Å². The van der Waals surface area contributed by atoms with Crippen LogP contribution in [0.1, 0.15) is 85.0 Å². The Kier molecular flexibility index (Phi) is 5.95. The van der Waals surface area contributed by atoms with Crippen LogP contribution in [0.2, 0.25) is 0 Å². The second kappa shape index (κ2) is 7.29. The second-order valence-corrected chi connectivity index (χ2v) is 8.13. The van der Waals surface area contributed by atoms with Gasteiger partial charge in [-0.2, -0.15) is 0 Å². The van der Waals surface area contributed by atoms with Crippen molar-refractivity contribution in [1.82, 2.24) is 5.32 Å². The second-order valence-electron chi connectivity index (χ2n) is 8.13. The van der Waals surface area contributed by atoms with Crippen molar-refractivity contribution in [3.8, 4) is 0 Å². The molecule has 0 aromatic carbocycles. The number of rotatable bonds is 6. The van der Waals surface area contributed by atoms with Gasteiger partial charge in [0.25, 0.3) is 0 Å². The highest BCUT2D eigenvalue weighted by Crippen LogP contribution is 2.47. The van der Waals surface area contributed by atoms with E-state index < -0.39 is 0 Å². The lowest BCUT2D eigenvalue weighted by molar-refractivity contribution is 0.0422. The van der Waals surface area contributed by atoms with Crippen molar-refractivity contribution in [1.29, 1.82) is 0 Å². The van der Waals surface area contributed by atoms with Crippen molar-refractivity contribution in [3.63, 3.8) is 0 Å². The Morgan fingerprint density at radius 2 is 1.40 bits per heavy atom. The zero-order chi connectivity index (χ0) is 14.6. The molecule has 2 aliphatic rings. The molecule has 2 aliphatic carbocycles. The monoisotopic (exact) mass is 279 g/mol. The van der Waals surface area contributed by atoms with Crippen molar-refractivity contribution in [2.45, 2.75) is 91.0 Å². The molecule has 0 amide bonds. The lowest BCUT2D eigenvalue weighted by Gasteiger charge is -2.48. The molecule has 0 aromatic rings. The van der Waals surface area contributed by atoms with Gasteiger partial charge in [-0.3, -0.25) is 0 Å². The van der Waals surface area contributed by atoms with E-state index >= 15 is 0 Å². The first-order chi connectivity index (χ1) is 9.60. The Morgan fingerprint density at radius 3 is 1.75 bits per heavy atom. The van der Waals surface area contributed by atoms with Crippen LogP contribution >= 0.6 is 0 Å². The molecule has 1 nitrogen and oxygen atoms in total. The molecular weight excluding hydrogens is 242 g/mol. The van der Waals surface area contributed by atoms with E-state index in [4.69, 9.17) is 0 Å². The first kappa shape index (κ1) is 16.3. The SMILES string of the molecule is CCC(C)(C)C(NC)C(C1CCCCCC1)C1CCC1. The summed E-state index contributed by atoms with van der Waals surface area (Å²) >= 11 is 0. The van der Waals surface area contributed by atoms with E-state index in [0.717, 1.165) is 17.8 Å². The number of nitrogens with one attached hydrogen (secondary N) is 1. The van der Waals surface area contributed by atoms with Gasteiger partial charge in [-0.15, -0.1) is 0 Å². The first-order valence-electron chi connectivity index (χ1n) is 9.27. The van der Waals surface area contributed by atoms with Gasteiger partial charge in [-0.1, -0.05) is 78.6 Å². The maximum atomic E-state index is 3.76. The van der Waals surface area contributed by atoms with Crippen molar-refractivity contribution < 1.29 is 0 Å². The molecule has 2 fully saturated rings. The summed E-state index contributed by atoms with van der Waals surface area (Å²) in [6, 6.07) is 0.709. The van der Waals surface area contributed by atoms with Crippen molar-refractivity contribution in [3.05, 3.63) is 0 Å². The minimum absolute atomic E-state index is 0.432. The topological polar surface area (TPSA) is 12.0 Å². The summed E-state index contributed by atoms with van der Waals surface area (Å²) in [5.74, 6) is 2.94. The largest absolute Gasteiger partial charge is 0.316 e. The zero-order valence-corrected chi connectivity index (χ0v) is 14.4. The lowest BCUT2D eigenvalue weighted by atomic mass is 9.60. The molecule has 0 spiro atoms. The molecule has 1 N–H and O–H groups in total. The van der Waals surface area contributed by atoms with E-state index in [1.165, 1.54) is 64.2 Å². The fourth-order valence-corrected chi connectivity index (χ4v) is 4.77. The van der Waals surface area contributed by atoms with Crippen LogP contribution in [-0.2, 0) is 0 Å². The van der Waals surface area contributed by atoms with Crippen LogP contribution in [-0.4, -0.2) is 13.1 Å². The number of hydrogen-bond donors (Lipinski definition) is 1. The molecule has 0 saturated heterocycles. The summed E-state index contributed by atoms with van der Waals surface area (Å²) in [7, 11) is 2.21. The summed E-state index contributed by atoms with van der Waals surface area (Å²) in [6.07, 6.45) is 14.7. The summed E-state index contributed by atoms with van der Waals surface area (Å²) in [6.45, 7) is 7.34. The van der Waals surface area contributed by atoms with E-state index in [2.05, 4.69) is 33.1 Å². The molecular formula is C19H37N. The molecule has 0 radical (unpaired) electrons. The molecule has 0 aliphatic heterocycles. The lowest BCUT2D eigenvalue weighted by Crippen LogP contribution is -2.51. The van der Waals surface area contributed by atoms with Crippen LogP contribution in [0.5, 0.6) is 0 Å². The van der Waals surface area contributed by atoms with Crippen molar-refractivity contribution in [2.24, 2.45) is 23.2 Å². The molecule has 20 heavy (non-hydrogen) atoms. The Hall–Kier alpha value is -0.0400. The highest BCUT2D eigenvalue weighted by molar-refractivity contribution is 4.96. The highest BCUT2D eigenvalue weighted by Gasteiger charge is 2.43. The maximum absolute atomic E-state index is 3.76. The Bertz CT molecular complexity index is 271. The van der Waals surface area contributed by atoms with Gasteiger partial charge < -0.3 is 5.32 Å². The van der Waals surface area contributed by atoms with Gasteiger partial charge in [0.15, 0.2) is 0 Å². The van der Waals surface area contributed by atoms with Gasteiger partial charge in [0.05, 0.1) is 0 Å². The van der Waals surface area contributed by atoms with Gasteiger partial charge >= 0.3 is 0 Å². The summed E-state index contributed by atoms with van der Waals surface area (Å²) in [5.41, 5.74) is 0.432. The standard InChI is InChI=1S/C19H37N/c1-5-19(2,3)18(20-4)17(16-13-10-14-16)15-11-8-6-7-9-12-15/h15-18,20H,5-14H2,1-4H3. The first-order valence-corrected chi connectivity index (χ1v) is 9.27. The molecule has 2 atom stereocenters. The zero-order valence-electron chi connectivity index (χ0n) is 14.4. The van der Waals surface area contributed by atoms with Gasteiger partial charge in [0, 0.05) is 6.04 Å². The smallest absolute Gasteiger partial charge is 0.0149 e. The van der Waals surface area contributed by atoms with E-state index in [1.807, 2.05) is 0 Å². The third-order valence-electron chi connectivity index (χ3n) is 6.59. The fourth-order valence-electron chi connectivity index (χ4n) is 4.77. The van der Waals surface area contributed by atoms with E-state index in [9.17, 15) is 0 Å². The minimum Gasteiger partial charge on any atom is -0.316 e. The van der Waals surface area contributed by atoms with Gasteiger partial charge in [-0.05, 0) is 36.6 Å². The molecule has 0 bridgehead atoms. The Balaban J connectivity index is 2.16. The van der Waals surface area contributed by atoms with Gasteiger partial charge in [0.2, 0.25) is 0 Å². The minimum atomic E-state index is 0.432. The van der Waals surface area contributed by atoms with Crippen LogP contribution in [0.3, 0.4) is 0 Å². The van der Waals surface area contributed by atoms with Gasteiger partial charge in [0.1, 0.15) is 0 Å². The predicted octanol–water partition coefficient (Wildman–Crippen LogP) is 5.40. The quantitative estimate of drug-likeness (QED) is 0.642. The third-order valence-corrected chi connectivity index (χ3v) is 6.59. The third kappa shape index (κ3) is 3.59. The normalized spacial score (nSPS) is 25.8.